The molecule has 1 aromatic carbocycles. The lowest BCUT2D eigenvalue weighted by Crippen LogP contribution is -2.57. The third-order valence-corrected chi connectivity index (χ3v) is 6.59. The maximum atomic E-state index is 13.2. The third kappa shape index (κ3) is 13.3. The molecule has 0 radical (unpaired) electrons. The van der Waals surface area contributed by atoms with Crippen molar-refractivity contribution in [1.29, 1.82) is 0 Å². The average Bonchev–Trinajstić information content (AvgIpc) is 2.90. The molecule has 0 aromatic heterocycles. The van der Waals surface area contributed by atoms with Crippen LogP contribution in [0.1, 0.15) is 52.0 Å². The number of aliphatic carboxylic acids is 1. The Bertz CT molecular complexity index is 1060. The van der Waals surface area contributed by atoms with E-state index in [1.54, 1.807) is 29.2 Å². The van der Waals surface area contributed by atoms with E-state index in [1.807, 2.05) is 13.8 Å². The van der Waals surface area contributed by atoms with Crippen LogP contribution in [0.4, 0.5) is 0 Å². The van der Waals surface area contributed by atoms with Gasteiger partial charge in [0.05, 0.1) is 19.1 Å². The molecule has 13 nitrogen and oxygen atoms in total. The Hall–Kier alpha value is -3.71. The Morgan fingerprint density at radius 3 is 2.38 bits per heavy atom. The second-order valence-corrected chi connectivity index (χ2v) is 11.0. The molecule has 2 bridgehead atoms. The molecule has 1 aliphatic heterocycles. The fraction of sp³-hybridized carbons (Fsp3) is 0.621. The number of rotatable bonds is 5. The van der Waals surface area contributed by atoms with Crippen LogP contribution in [0.5, 0.6) is 5.75 Å². The number of hydrogen-bond donors (Lipinski definition) is 6. The number of amides is 4. The maximum Gasteiger partial charge on any atom is 0.317 e. The molecule has 0 saturated carbocycles. The van der Waals surface area contributed by atoms with Crippen molar-refractivity contribution < 1.29 is 38.9 Å². The van der Waals surface area contributed by atoms with E-state index < -0.39 is 41.9 Å². The molecule has 42 heavy (non-hydrogen) atoms. The van der Waals surface area contributed by atoms with Crippen LogP contribution >= 0.6 is 0 Å². The minimum absolute atomic E-state index is 0.0432. The Balaban J connectivity index is 2.20. The van der Waals surface area contributed by atoms with Crippen LogP contribution in [0.2, 0.25) is 0 Å². The predicted octanol–water partition coefficient (Wildman–Crippen LogP) is -0.193. The summed E-state index contributed by atoms with van der Waals surface area (Å²) < 4.78 is 5.58. The molecular weight excluding hydrogens is 546 g/mol. The molecule has 1 aromatic rings. The number of carboxylic acids is 1. The van der Waals surface area contributed by atoms with Crippen molar-refractivity contribution in [2.45, 2.75) is 71.1 Å². The molecule has 0 spiro atoms. The molecule has 0 saturated heterocycles. The number of carbonyl (C=O) groups is 5. The van der Waals surface area contributed by atoms with E-state index >= 15 is 0 Å². The van der Waals surface area contributed by atoms with Crippen LogP contribution in [0.25, 0.3) is 0 Å². The van der Waals surface area contributed by atoms with E-state index in [1.165, 1.54) is 6.92 Å². The van der Waals surface area contributed by atoms with Crippen LogP contribution in [0.15, 0.2) is 24.3 Å². The number of hydrogen-bond acceptors (Lipinski definition) is 8. The van der Waals surface area contributed by atoms with E-state index in [0.717, 1.165) is 0 Å². The molecule has 0 unspecified atom stereocenters. The van der Waals surface area contributed by atoms with Gasteiger partial charge in [0.1, 0.15) is 17.8 Å². The van der Waals surface area contributed by atoms with E-state index in [9.17, 15) is 34.2 Å². The lowest BCUT2D eigenvalue weighted by atomic mass is 10.0. The summed E-state index contributed by atoms with van der Waals surface area (Å²) in [7, 11) is 0. The standard InChI is InChI=1S/C29H45N5O8/c1-19(2)14-23-28(40)33-27(20(3)35)29(41)31-10-4-5-12-34(17-26(38)39)13-7-11-30-25(37)18-42-22-9-6-8-21(15-22)16-24(36)32-23/h6,8-9,15,19-20,23,27,35H,4-5,7,10-14,16-18H2,1-3H3,(H,30,37)(H,31,41)(H,32,36)(H,33,40)(H,38,39)/t20-,23-,27+/m1/s1. The minimum Gasteiger partial charge on any atom is -0.484 e. The molecule has 234 valence electrons. The van der Waals surface area contributed by atoms with Gasteiger partial charge in [-0.05, 0) is 62.8 Å². The largest absolute Gasteiger partial charge is 0.484 e. The zero-order chi connectivity index (χ0) is 31.1. The lowest BCUT2D eigenvalue weighted by Gasteiger charge is -2.25. The lowest BCUT2D eigenvalue weighted by molar-refractivity contribution is -0.138. The van der Waals surface area contributed by atoms with Gasteiger partial charge in [0.25, 0.3) is 5.91 Å². The first-order valence-electron chi connectivity index (χ1n) is 14.4. The number of benzene rings is 1. The van der Waals surface area contributed by atoms with E-state index in [0.29, 0.717) is 56.6 Å². The summed E-state index contributed by atoms with van der Waals surface area (Å²) in [5.41, 5.74) is 0.614. The minimum atomic E-state index is -1.22. The van der Waals surface area contributed by atoms with Crippen molar-refractivity contribution in [3.05, 3.63) is 29.8 Å². The fourth-order valence-electron chi connectivity index (χ4n) is 4.51. The summed E-state index contributed by atoms with van der Waals surface area (Å²) in [4.78, 5) is 64.2. The second-order valence-electron chi connectivity index (χ2n) is 11.0. The Morgan fingerprint density at radius 1 is 0.976 bits per heavy atom. The van der Waals surface area contributed by atoms with E-state index in [4.69, 9.17) is 4.74 Å². The van der Waals surface area contributed by atoms with Gasteiger partial charge in [-0.1, -0.05) is 26.0 Å². The van der Waals surface area contributed by atoms with Crippen LogP contribution in [0, 0.1) is 5.92 Å². The first kappa shape index (κ1) is 34.5. The average molecular weight is 592 g/mol. The summed E-state index contributed by atoms with van der Waals surface area (Å²) in [5, 5.41) is 30.3. The number of nitrogens with one attached hydrogen (secondary N) is 4. The molecule has 2 rings (SSSR count). The van der Waals surface area contributed by atoms with Gasteiger partial charge in [0, 0.05) is 19.6 Å². The van der Waals surface area contributed by atoms with Gasteiger partial charge in [-0.15, -0.1) is 0 Å². The highest BCUT2D eigenvalue weighted by Gasteiger charge is 2.30. The summed E-state index contributed by atoms with van der Waals surface area (Å²) in [6, 6.07) is 4.58. The SMILES string of the molecule is CC(C)C[C@H]1NC(=O)Cc2cccc(c2)OCC(=O)NCCCN(CC(=O)O)CCCCNC(=O)[C@H]([C@@H](C)O)NC1=O. The molecule has 6 N–H and O–H groups in total. The number of carboxylic acid groups (broad SMARTS) is 1. The van der Waals surface area contributed by atoms with Gasteiger partial charge >= 0.3 is 5.97 Å². The highest BCUT2D eigenvalue weighted by Crippen LogP contribution is 2.14. The number of nitrogens with zero attached hydrogens (tertiary/aromatic N) is 1. The first-order valence-corrected chi connectivity index (χ1v) is 14.4. The highest BCUT2D eigenvalue weighted by atomic mass is 16.5. The van der Waals surface area contributed by atoms with Crippen molar-refractivity contribution in [2.24, 2.45) is 5.92 Å². The molecule has 1 heterocycles. The van der Waals surface area contributed by atoms with Gasteiger partial charge in [-0.25, -0.2) is 0 Å². The smallest absolute Gasteiger partial charge is 0.317 e. The van der Waals surface area contributed by atoms with Gasteiger partial charge in [0.15, 0.2) is 6.61 Å². The summed E-state index contributed by atoms with van der Waals surface area (Å²) >= 11 is 0. The van der Waals surface area contributed by atoms with Crippen molar-refractivity contribution >= 4 is 29.6 Å². The van der Waals surface area contributed by atoms with E-state index in [-0.39, 0.29) is 37.9 Å². The van der Waals surface area contributed by atoms with Gasteiger partial charge in [0.2, 0.25) is 17.7 Å². The number of carbonyl (C=O) groups excluding carboxylic acids is 4. The monoisotopic (exact) mass is 591 g/mol. The summed E-state index contributed by atoms with van der Waals surface area (Å²) in [6.45, 7) is 6.37. The zero-order valence-electron chi connectivity index (χ0n) is 24.7. The topological polar surface area (TPSA) is 186 Å². The molecular formula is C29H45N5O8. The van der Waals surface area contributed by atoms with Gasteiger partial charge in [-0.3, -0.25) is 28.9 Å². The third-order valence-electron chi connectivity index (χ3n) is 6.59. The van der Waals surface area contributed by atoms with Crippen molar-refractivity contribution in [3.8, 4) is 5.75 Å². The molecule has 0 aliphatic carbocycles. The maximum absolute atomic E-state index is 13.2. The normalized spacial score (nSPS) is 22.0. The summed E-state index contributed by atoms with van der Waals surface area (Å²) in [6.07, 6.45) is 0.768. The molecule has 1 aliphatic rings. The van der Waals surface area contributed by atoms with Crippen LogP contribution in [-0.2, 0) is 30.4 Å². The van der Waals surface area contributed by atoms with E-state index in [2.05, 4.69) is 21.3 Å². The molecule has 13 heteroatoms. The second kappa shape index (κ2) is 18.0. The number of fused-ring (bicyclic) bond motifs is 2. The summed E-state index contributed by atoms with van der Waals surface area (Å²) in [5.74, 6) is -2.38. The van der Waals surface area contributed by atoms with Crippen molar-refractivity contribution in [2.75, 3.05) is 39.3 Å². The fourth-order valence-corrected chi connectivity index (χ4v) is 4.51. The highest BCUT2D eigenvalue weighted by molar-refractivity contribution is 5.92. The molecule has 3 atom stereocenters. The Kier molecular flexibility index (Phi) is 14.7. The van der Waals surface area contributed by atoms with Crippen molar-refractivity contribution in [3.63, 3.8) is 0 Å². The molecule has 0 fully saturated rings. The number of aliphatic hydroxyl groups excluding tert-OH is 1. The first-order chi connectivity index (χ1) is 19.9. The Labute approximate surface area is 246 Å². The molecule has 4 amide bonds. The van der Waals surface area contributed by atoms with Crippen molar-refractivity contribution in [1.82, 2.24) is 26.2 Å². The predicted molar refractivity (Wildman–Crippen MR) is 155 cm³/mol. The quantitative estimate of drug-likeness (QED) is 0.270. The number of ether oxygens (including phenoxy) is 1. The van der Waals surface area contributed by atoms with Crippen LogP contribution in [-0.4, -0.2) is 102 Å². The van der Waals surface area contributed by atoms with Crippen LogP contribution in [0.3, 0.4) is 0 Å². The Morgan fingerprint density at radius 2 is 1.69 bits per heavy atom. The van der Waals surface area contributed by atoms with Gasteiger partial charge in [-0.2, -0.15) is 0 Å². The number of aliphatic hydroxyl groups is 1. The van der Waals surface area contributed by atoms with Crippen LogP contribution < -0.4 is 26.0 Å². The zero-order valence-corrected chi connectivity index (χ0v) is 24.7. The van der Waals surface area contributed by atoms with Gasteiger partial charge < -0.3 is 36.2 Å².